The first-order valence-electron chi connectivity index (χ1n) is 9.18. The molecule has 1 N–H and O–H groups in total. The Morgan fingerprint density at radius 3 is 2.50 bits per heavy atom. The van der Waals surface area contributed by atoms with Gasteiger partial charge in [-0.15, -0.1) is 10.7 Å². The van der Waals surface area contributed by atoms with E-state index < -0.39 is 0 Å². The molecule has 0 bridgehead atoms. The first-order chi connectivity index (χ1) is 13.4. The van der Waals surface area contributed by atoms with Gasteiger partial charge >= 0.3 is 0 Å². The van der Waals surface area contributed by atoms with E-state index in [0.717, 1.165) is 35.1 Å². The zero-order chi connectivity index (χ0) is 20.4. The predicted octanol–water partition coefficient (Wildman–Crippen LogP) is 4.16. The molecule has 5 nitrogen and oxygen atoms in total. The second-order valence-electron chi connectivity index (χ2n) is 6.46. The van der Waals surface area contributed by atoms with Gasteiger partial charge in [-0.25, -0.2) is 9.07 Å². The minimum absolute atomic E-state index is 0.179. The van der Waals surface area contributed by atoms with Gasteiger partial charge in [-0.05, 0) is 61.6 Å². The van der Waals surface area contributed by atoms with Crippen LogP contribution >= 0.6 is 10.7 Å². The van der Waals surface area contributed by atoms with Gasteiger partial charge in [0.1, 0.15) is 11.5 Å². The maximum absolute atomic E-state index is 13.4. The first-order valence-corrected chi connectivity index (χ1v) is 10.9. The number of anilines is 1. The minimum Gasteiger partial charge on any atom is -0.354 e. The summed E-state index contributed by atoms with van der Waals surface area (Å²) in [6.07, 6.45) is 2.91. The van der Waals surface area contributed by atoms with E-state index in [4.69, 9.17) is 0 Å². The molecule has 28 heavy (non-hydrogen) atoms. The van der Waals surface area contributed by atoms with Crippen LogP contribution in [0.1, 0.15) is 29.9 Å². The minimum atomic E-state index is -0.332. The van der Waals surface area contributed by atoms with Crippen LogP contribution in [0.25, 0.3) is 16.6 Å². The lowest BCUT2D eigenvalue weighted by Crippen LogP contribution is -2.22. The third-order valence-electron chi connectivity index (χ3n) is 4.70. The van der Waals surface area contributed by atoms with Crippen molar-refractivity contribution in [2.45, 2.75) is 20.3 Å². The standard InChI is InChI=1S/C21H25FN4OS/c1-6-14-12-17-18(13-19(14)25(7-2)28(4)5)24-26(20(17)21(27)23-3)16-10-8-15(22)9-11-16/h8-13H,4,6-7H2,1-3,5H3,(H,23,27). The van der Waals surface area contributed by atoms with Crippen molar-refractivity contribution >= 4 is 39.0 Å². The van der Waals surface area contributed by atoms with Crippen molar-refractivity contribution in [3.8, 4) is 5.69 Å². The second kappa shape index (κ2) is 8.14. The zero-order valence-electron chi connectivity index (χ0n) is 16.6. The highest BCUT2D eigenvalue weighted by atomic mass is 32.2. The molecule has 1 unspecified atom stereocenters. The molecule has 0 aliphatic heterocycles. The van der Waals surface area contributed by atoms with Gasteiger partial charge in [0.15, 0.2) is 0 Å². The fourth-order valence-corrected chi connectivity index (χ4v) is 4.29. The molecule has 1 amide bonds. The number of nitrogens with zero attached hydrogens (tertiary/aromatic N) is 3. The van der Waals surface area contributed by atoms with E-state index in [1.54, 1.807) is 23.9 Å². The van der Waals surface area contributed by atoms with Crippen molar-refractivity contribution in [2.75, 3.05) is 24.2 Å². The number of amides is 1. The number of carbonyl (C=O) groups is 1. The van der Waals surface area contributed by atoms with Crippen molar-refractivity contribution in [1.82, 2.24) is 15.1 Å². The molecule has 7 heteroatoms. The molecule has 0 spiro atoms. The Bertz CT molecular complexity index is 1040. The van der Waals surface area contributed by atoms with Crippen LogP contribution in [0.2, 0.25) is 0 Å². The quantitative estimate of drug-likeness (QED) is 0.632. The number of hydrogen-bond donors (Lipinski definition) is 1. The normalized spacial score (nSPS) is 12.2. The second-order valence-corrected chi connectivity index (χ2v) is 8.10. The molecule has 0 fully saturated rings. The SMILES string of the molecule is C=S(C)N(CC)c1cc2nn(-c3ccc(F)cc3)c(C(=O)NC)c2cc1CC. The van der Waals surface area contributed by atoms with Gasteiger partial charge in [-0.2, -0.15) is 5.10 Å². The van der Waals surface area contributed by atoms with Gasteiger partial charge in [0, 0.05) is 19.0 Å². The summed E-state index contributed by atoms with van der Waals surface area (Å²) in [6.45, 7) is 5.04. The number of aromatic nitrogens is 2. The molecule has 1 atom stereocenters. The van der Waals surface area contributed by atoms with Crippen LogP contribution in [0.5, 0.6) is 0 Å². The third-order valence-corrected chi connectivity index (χ3v) is 5.91. The van der Waals surface area contributed by atoms with Gasteiger partial charge in [0.2, 0.25) is 0 Å². The van der Waals surface area contributed by atoms with Crippen LogP contribution in [0, 0.1) is 5.82 Å². The summed E-state index contributed by atoms with van der Waals surface area (Å²) < 4.78 is 17.2. The molecule has 3 rings (SSSR count). The van der Waals surface area contributed by atoms with Gasteiger partial charge in [0.05, 0.1) is 16.9 Å². The molecule has 3 aromatic rings. The van der Waals surface area contributed by atoms with Gasteiger partial charge in [-0.1, -0.05) is 12.8 Å². The first kappa shape index (κ1) is 20.1. The average Bonchev–Trinajstić information content (AvgIpc) is 3.05. The predicted molar refractivity (Wildman–Crippen MR) is 117 cm³/mol. The smallest absolute Gasteiger partial charge is 0.270 e. The van der Waals surface area contributed by atoms with Crippen LogP contribution in [0.15, 0.2) is 36.4 Å². The Kier molecular flexibility index (Phi) is 5.84. The third kappa shape index (κ3) is 3.54. The highest BCUT2D eigenvalue weighted by Gasteiger charge is 2.21. The molecule has 0 aliphatic carbocycles. The number of fused-ring (bicyclic) bond motifs is 1. The number of halogens is 1. The van der Waals surface area contributed by atoms with Crippen LogP contribution in [0.3, 0.4) is 0 Å². The molecule has 0 saturated carbocycles. The summed E-state index contributed by atoms with van der Waals surface area (Å²) in [5.74, 6) is 3.62. The fraction of sp³-hybridized carbons (Fsp3) is 0.286. The summed E-state index contributed by atoms with van der Waals surface area (Å²) >= 11 is 0. The summed E-state index contributed by atoms with van der Waals surface area (Å²) in [4.78, 5) is 12.7. The van der Waals surface area contributed by atoms with E-state index in [-0.39, 0.29) is 22.4 Å². The number of carbonyl (C=O) groups excluding carboxylic acids is 1. The lowest BCUT2D eigenvalue weighted by atomic mass is 10.1. The van der Waals surface area contributed by atoms with E-state index in [0.29, 0.717) is 11.4 Å². The molecular weight excluding hydrogens is 375 g/mol. The molecule has 0 aliphatic rings. The summed E-state index contributed by atoms with van der Waals surface area (Å²) in [7, 11) is 1.41. The monoisotopic (exact) mass is 400 g/mol. The average molecular weight is 401 g/mol. The lowest BCUT2D eigenvalue weighted by molar-refractivity contribution is 0.0957. The zero-order valence-corrected chi connectivity index (χ0v) is 17.4. The fourth-order valence-electron chi connectivity index (χ4n) is 3.35. The van der Waals surface area contributed by atoms with Gasteiger partial charge in [-0.3, -0.25) is 4.79 Å². The molecule has 1 aromatic heterocycles. The maximum atomic E-state index is 13.4. The Hall–Kier alpha value is -2.67. The summed E-state index contributed by atoms with van der Waals surface area (Å²) in [6, 6.07) is 10.0. The van der Waals surface area contributed by atoms with Crippen LogP contribution in [-0.2, 0) is 6.42 Å². The molecule has 148 valence electrons. The van der Waals surface area contributed by atoms with E-state index in [1.165, 1.54) is 12.1 Å². The molecule has 0 saturated heterocycles. The van der Waals surface area contributed by atoms with Crippen molar-refractivity contribution in [2.24, 2.45) is 0 Å². The number of rotatable bonds is 6. The van der Waals surface area contributed by atoms with Crippen LogP contribution < -0.4 is 9.62 Å². The summed E-state index contributed by atoms with van der Waals surface area (Å²) in [5.41, 5.74) is 4.03. The molecule has 1 heterocycles. The number of nitrogens with one attached hydrogen (secondary N) is 1. The highest BCUT2D eigenvalue weighted by Crippen LogP contribution is 2.34. The Balaban J connectivity index is 2.31. The van der Waals surface area contributed by atoms with E-state index in [9.17, 15) is 9.18 Å². The lowest BCUT2D eigenvalue weighted by Gasteiger charge is -2.26. The Labute approximate surface area is 167 Å². The largest absolute Gasteiger partial charge is 0.354 e. The molecule has 0 radical (unpaired) electrons. The number of aryl methyl sites for hydroxylation is 1. The number of hydrogen-bond acceptors (Lipinski definition) is 3. The van der Waals surface area contributed by atoms with E-state index >= 15 is 0 Å². The van der Waals surface area contributed by atoms with Crippen molar-refractivity contribution in [1.29, 1.82) is 0 Å². The van der Waals surface area contributed by atoms with Crippen molar-refractivity contribution in [3.05, 3.63) is 53.5 Å². The number of benzene rings is 2. The van der Waals surface area contributed by atoms with Gasteiger partial charge in [0.25, 0.3) is 5.91 Å². The summed E-state index contributed by atoms with van der Waals surface area (Å²) in [5, 5.41) is 8.15. The van der Waals surface area contributed by atoms with Crippen LogP contribution in [-0.4, -0.2) is 41.4 Å². The van der Waals surface area contributed by atoms with E-state index in [1.807, 2.05) is 12.1 Å². The Morgan fingerprint density at radius 2 is 1.96 bits per heavy atom. The van der Waals surface area contributed by atoms with Crippen molar-refractivity contribution < 1.29 is 9.18 Å². The maximum Gasteiger partial charge on any atom is 0.270 e. The molecule has 2 aromatic carbocycles. The topological polar surface area (TPSA) is 50.2 Å². The van der Waals surface area contributed by atoms with Gasteiger partial charge < -0.3 is 9.62 Å². The molecular formula is C21H25FN4OS. The van der Waals surface area contributed by atoms with E-state index in [2.05, 4.69) is 40.7 Å². The van der Waals surface area contributed by atoms with Crippen LogP contribution in [0.4, 0.5) is 10.1 Å². The highest BCUT2D eigenvalue weighted by molar-refractivity contribution is 8.14. The van der Waals surface area contributed by atoms with Crippen molar-refractivity contribution in [3.63, 3.8) is 0 Å². The Morgan fingerprint density at radius 1 is 1.29 bits per heavy atom.